The molecule has 3 N–H and O–H groups in total. The van der Waals surface area contributed by atoms with Crippen LogP contribution in [-0.2, 0) is 14.6 Å². The van der Waals surface area contributed by atoms with Gasteiger partial charge in [-0.2, -0.15) is 0 Å². The molecule has 7 nitrogen and oxygen atoms in total. The molecule has 1 saturated carbocycles. The van der Waals surface area contributed by atoms with E-state index in [0.717, 1.165) is 19.1 Å². The van der Waals surface area contributed by atoms with Gasteiger partial charge in [0.2, 0.25) is 0 Å². The van der Waals surface area contributed by atoms with E-state index < -0.39 is 33.4 Å². The minimum atomic E-state index is -3.20. The molecule has 0 aromatic heterocycles. The zero-order valence-corrected chi connectivity index (χ0v) is 13.5. The normalized spacial score (nSPS) is 27.7. The van der Waals surface area contributed by atoms with Crippen molar-refractivity contribution in [3.8, 4) is 0 Å². The van der Waals surface area contributed by atoms with Crippen LogP contribution in [0.15, 0.2) is 0 Å². The molecule has 0 aromatic carbocycles. The van der Waals surface area contributed by atoms with E-state index in [1.807, 2.05) is 0 Å². The molecule has 122 valence electrons. The molecule has 0 aliphatic heterocycles. The second-order valence-electron chi connectivity index (χ2n) is 6.16. The van der Waals surface area contributed by atoms with Crippen molar-refractivity contribution in [2.75, 3.05) is 12.0 Å². The van der Waals surface area contributed by atoms with Crippen LogP contribution in [0.1, 0.15) is 39.5 Å². The Kier molecular flexibility index (Phi) is 5.61. The van der Waals surface area contributed by atoms with Crippen molar-refractivity contribution >= 4 is 21.8 Å². The van der Waals surface area contributed by atoms with Crippen LogP contribution in [0.2, 0.25) is 0 Å². The lowest BCUT2D eigenvalue weighted by atomic mass is 9.77. The smallest absolute Gasteiger partial charge is 0.329 e. The molecule has 1 fully saturated rings. The summed E-state index contributed by atoms with van der Waals surface area (Å²) in [6.45, 7) is 3.62. The van der Waals surface area contributed by atoms with Gasteiger partial charge in [-0.15, -0.1) is 0 Å². The first-order valence-electron chi connectivity index (χ1n) is 7.04. The van der Waals surface area contributed by atoms with Crippen LogP contribution < -0.4 is 10.6 Å². The van der Waals surface area contributed by atoms with Gasteiger partial charge in [-0.1, -0.05) is 6.92 Å². The number of amides is 2. The summed E-state index contributed by atoms with van der Waals surface area (Å²) >= 11 is 0. The van der Waals surface area contributed by atoms with Crippen LogP contribution in [0.3, 0.4) is 0 Å². The van der Waals surface area contributed by atoms with Crippen LogP contribution in [0.5, 0.6) is 0 Å². The Hall–Kier alpha value is -1.31. The molecule has 1 rings (SSSR count). The zero-order valence-electron chi connectivity index (χ0n) is 12.7. The molecule has 1 aliphatic carbocycles. The monoisotopic (exact) mass is 320 g/mol. The van der Waals surface area contributed by atoms with Gasteiger partial charge in [0.1, 0.15) is 15.4 Å². The molecule has 1 aliphatic rings. The molecule has 0 aromatic rings. The van der Waals surface area contributed by atoms with E-state index in [9.17, 15) is 23.1 Å². The number of hydrogen-bond donors (Lipinski definition) is 3. The van der Waals surface area contributed by atoms with E-state index in [1.54, 1.807) is 6.92 Å². The predicted molar refractivity (Wildman–Crippen MR) is 78.8 cm³/mol. The third-order valence-electron chi connectivity index (χ3n) is 3.82. The van der Waals surface area contributed by atoms with Gasteiger partial charge < -0.3 is 15.7 Å². The van der Waals surface area contributed by atoms with Gasteiger partial charge in [0.15, 0.2) is 0 Å². The summed E-state index contributed by atoms with van der Waals surface area (Å²) in [6.07, 6.45) is 3.34. The number of carbonyl (C=O) groups excluding carboxylic acids is 1. The number of rotatable bonds is 5. The van der Waals surface area contributed by atoms with Gasteiger partial charge in [0, 0.05) is 12.3 Å². The Morgan fingerprint density at radius 3 is 2.29 bits per heavy atom. The van der Waals surface area contributed by atoms with Gasteiger partial charge in [-0.05, 0) is 38.5 Å². The Bertz CT molecular complexity index is 495. The Balaban J connectivity index is 2.64. The number of hydrogen-bond acceptors (Lipinski definition) is 4. The fraction of sp³-hybridized carbons (Fsp3) is 0.846. The van der Waals surface area contributed by atoms with Crippen molar-refractivity contribution < 1.29 is 23.1 Å². The van der Waals surface area contributed by atoms with E-state index >= 15 is 0 Å². The summed E-state index contributed by atoms with van der Waals surface area (Å²) in [5.41, 5.74) is -1.25. The molecule has 2 amide bonds. The highest BCUT2D eigenvalue weighted by molar-refractivity contribution is 7.90. The molecule has 0 spiro atoms. The number of carbonyl (C=O) groups is 2. The third-order valence-corrected chi connectivity index (χ3v) is 4.93. The summed E-state index contributed by atoms with van der Waals surface area (Å²) in [5.74, 6) is -0.774. The number of nitrogens with one attached hydrogen (secondary N) is 2. The average Bonchev–Trinajstić information content (AvgIpc) is 2.29. The van der Waals surface area contributed by atoms with E-state index in [1.165, 1.54) is 0 Å². The standard InChI is InChI=1S/C13H24N2O5S/c1-9-4-6-13(7-5-9,11(16)17)15-12(18)14-10(2)8-21(3,19)20/h9-10H,4-8H2,1-3H3,(H,16,17)(H2,14,15,18). The second kappa shape index (κ2) is 6.64. The lowest BCUT2D eigenvalue weighted by Gasteiger charge is -2.36. The van der Waals surface area contributed by atoms with Gasteiger partial charge in [0.05, 0.1) is 5.75 Å². The van der Waals surface area contributed by atoms with Crippen LogP contribution >= 0.6 is 0 Å². The topological polar surface area (TPSA) is 113 Å². The van der Waals surface area contributed by atoms with Crippen LogP contribution in [0.4, 0.5) is 4.79 Å². The molecular weight excluding hydrogens is 296 g/mol. The van der Waals surface area contributed by atoms with Crippen molar-refractivity contribution in [3.63, 3.8) is 0 Å². The molecule has 0 radical (unpaired) electrons. The number of aliphatic carboxylic acids is 1. The predicted octanol–water partition coefficient (Wildman–Crippen LogP) is 0.752. The summed E-state index contributed by atoms with van der Waals surface area (Å²) in [6, 6.07) is -1.21. The zero-order chi connectivity index (χ0) is 16.3. The van der Waals surface area contributed by atoms with Gasteiger partial charge in [-0.25, -0.2) is 18.0 Å². The number of sulfone groups is 1. The fourth-order valence-electron chi connectivity index (χ4n) is 2.62. The molecule has 1 unspecified atom stereocenters. The average molecular weight is 320 g/mol. The van der Waals surface area contributed by atoms with Gasteiger partial charge in [-0.3, -0.25) is 0 Å². The van der Waals surface area contributed by atoms with Crippen LogP contribution in [-0.4, -0.2) is 49.1 Å². The quantitative estimate of drug-likeness (QED) is 0.692. The highest BCUT2D eigenvalue weighted by atomic mass is 32.2. The Morgan fingerprint density at radius 1 is 1.33 bits per heavy atom. The summed E-state index contributed by atoms with van der Waals surface area (Å²) in [4.78, 5) is 23.4. The summed E-state index contributed by atoms with van der Waals surface area (Å²) in [5, 5.41) is 14.4. The minimum Gasteiger partial charge on any atom is -0.480 e. The molecule has 8 heteroatoms. The van der Waals surface area contributed by atoms with Gasteiger partial charge >= 0.3 is 12.0 Å². The molecule has 1 atom stereocenters. The first kappa shape index (κ1) is 17.7. The van der Waals surface area contributed by atoms with Crippen molar-refractivity contribution in [1.82, 2.24) is 10.6 Å². The third kappa shape index (κ3) is 5.53. The number of carboxylic acid groups (broad SMARTS) is 1. The van der Waals surface area contributed by atoms with Gasteiger partial charge in [0.25, 0.3) is 0 Å². The molecule has 0 heterocycles. The van der Waals surface area contributed by atoms with Crippen molar-refractivity contribution in [3.05, 3.63) is 0 Å². The van der Waals surface area contributed by atoms with Crippen LogP contribution in [0.25, 0.3) is 0 Å². The lowest BCUT2D eigenvalue weighted by Crippen LogP contribution is -2.59. The van der Waals surface area contributed by atoms with Crippen LogP contribution in [0, 0.1) is 5.92 Å². The Labute approximate surface area is 125 Å². The maximum atomic E-state index is 11.9. The summed E-state index contributed by atoms with van der Waals surface area (Å²) < 4.78 is 22.3. The molecule has 0 saturated heterocycles. The highest BCUT2D eigenvalue weighted by Crippen LogP contribution is 2.32. The van der Waals surface area contributed by atoms with Crippen molar-refractivity contribution in [1.29, 1.82) is 0 Å². The van der Waals surface area contributed by atoms with Crippen molar-refractivity contribution in [2.45, 2.75) is 51.1 Å². The number of urea groups is 1. The number of carboxylic acids is 1. The fourth-order valence-corrected chi connectivity index (χ4v) is 3.61. The SMILES string of the molecule is CC1CCC(NC(=O)NC(C)CS(C)(=O)=O)(C(=O)O)CC1. The molecule has 0 bridgehead atoms. The van der Waals surface area contributed by atoms with E-state index in [4.69, 9.17) is 0 Å². The lowest BCUT2D eigenvalue weighted by molar-refractivity contribution is -0.146. The van der Waals surface area contributed by atoms with Crippen molar-refractivity contribution in [2.24, 2.45) is 5.92 Å². The molecular formula is C13H24N2O5S. The van der Waals surface area contributed by atoms with E-state index in [-0.39, 0.29) is 5.75 Å². The highest BCUT2D eigenvalue weighted by Gasteiger charge is 2.42. The minimum absolute atomic E-state index is 0.183. The first-order valence-corrected chi connectivity index (χ1v) is 9.10. The van der Waals surface area contributed by atoms with E-state index in [2.05, 4.69) is 17.6 Å². The Morgan fingerprint density at radius 2 is 1.86 bits per heavy atom. The second-order valence-corrected chi connectivity index (χ2v) is 8.35. The molecule has 21 heavy (non-hydrogen) atoms. The largest absolute Gasteiger partial charge is 0.480 e. The maximum Gasteiger partial charge on any atom is 0.329 e. The first-order chi connectivity index (χ1) is 9.54. The summed E-state index contributed by atoms with van der Waals surface area (Å²) in [7, 11) is -3.20. The maximum absolute atomic E-state index is 11.9. The van der Waals surface area contributed by atoms with E-state index in [0.29, 0.717) is 18.8 Å².